The van der Waals surface area contributed by atoms with Crippen molar-refractivity contribution in [2.75, 3.05) is 32.0 Å². The van der Waals surface area contributed by atoms with Crippen molar-refractivity contribution in [3.05, 3.63) is 65.5 Å². The first-order valence-corrected chi connectivity index (χ1v) is 11.1. The fourth-order valence-corrected chi connectivity index (χ4v) is 4.05. The number of nitrogens with zero attached hydrogens (tertiary/aromatic N) is 3. The van der Waals surface area contributed by atoms with Gasteiger partial charge in [-0.1, -0.05) is 32.0 Å². The zero-order valence-corrected chi connectivity index (χ0v) is 18.8. The van der Waals surface area contributed by atoms with Crippen molar-refractivity contribution in [1.82, 2.24) is 20.2 Å². The third kappa shape index (κ3) is 4.56. The van der Waals surface area contributed by atoms with E-state index in [2.05, 4.69) is 29.5 Å². The van der Waals surface area contributed by atoms with Crippen LogP contribution in [-0.2, 0) is 0 Å². The van der Waals surface area contributed by atoms with Gasteiger partial charge in [-0.15, -0.1) is 0 Å². The van der Waals surface area contributed by atoms with Crippen LogP contribution in [0.1, 0.15) is 52.6 Å². The first-order chi connectivity index (χ1) is 15.5. The molecule has 166 valence electrons. The van der Waals surface area contributed by atoms with E-state index < -0.39 is 0 Å². The summed E-state index contributed by atoms with van der Waals surface area (Å²) in [6.45, 7) is 6.00. The number of nitrogens with one attached hydrogen (secondary N) is 2. The predicted octanol–water partition coefficient (Wildman–Crippen LogP) is 3.69. The summed E-state index contributed by atoms with van der Waals surface area (Å²) in [6.07, 6.45) is 2.45. The molecule has 32 heavy (non-hydrogen) atoms. The molecule has 0 aliphatic carbocycles. The average molecular weight is 432 g/mol. The lowest BCUT2D eigenvalue weighted by molar-refractivity contribution is 0.0790. The van der Waals surface area contributed by atoms with Crippen LogP contribution in [0.4, 0.5) is 5.82 Å². The number of aromatic nitrogens is 2. The maximum absolute atomic E-state index is 13.0. The van der Waals surface area contributed by atoms with Crippen LogP contribution in [0.5, 0.6) is 0 Å². The van der Waals surface area contributed by atoms with E-state index in [0.717, 1.165) is 23.0 Å². The molecule has 3 heterocycles. The van der Waals surface area contributed by atoms with E-state index in [1.807, 2.05) is 35.2 Å². The number of benzene rings is 1. The molecule has 7 nitrogen and oxygen atoms in total. The maximum Gasteiger partial charge on any atom is 0.254 e. The fourth-order valence-electron chi connectivity index (χ4n) is 4.05. The van der Waals surface area contributed by atoms with Gasteiger partial charge in [-0.3, -0.25) is 14.6 Å². The number of hydrogen-bond acceptors (Lipinski definition) is 5. The van der Waals surface area contributed by atoms with Crippen molar-refractivity contribution in [1.29, 1.82) is 0 Å². The molecule has 2 N–H and O–H groups in total. The maximum atomic E-state index is 13.0. The number of para-hydroxylation sites is 1. The van der Waals surface area contributed by atoms with Crippen LogP contribution in [0.2, 0.25) is 0 Å². The minimum absolute atomic E-state index is 0.0120. The summed E-state index contributed by atoms with van der Waals surface area (Å²) in [7, 11) is 1.78. The number of fused-ring (bicyclic) bond motifs is 1. The highest BCUT2D eigenvalue weighted by atomic mass is 16.2. The lowest BCUT2D eigenvalue weighted by Crippen LogP contribution is -2.29. The molecular weight excluding hydrogens is 402 g/mol. The minimum atomic E-state index is -0.0825. The lowest BCUT2D eigenvalue weighted by Gasteiger charge is -2.18. The highest BCUT2D eigenvalue weighted by Crippen LogP contribution is 2.30. The molecule has 2 amide bonds. The number of likely N-dealkylation sites (tertiary alicyclic amines) is 1. The van der Waals surface area contributed by atoms with Crippen molar-refractivity contribution in [2.45, 2.75) is 26.2 Å². The van der Waals surface area contributed by atoms with E-state index in [-0.39, 0.29) is 17.7 Å². The average Bonchev–Trinajstić information content (AvgIpc) is 3.31. The molecule has 0 radical (unpaired) electrons. The van der Waals surface area contributed by atoms with Crippen LogP contribution >= 0.6 is 0 Å². The second kappa shape index (κ2) is 9.34. The monoisotopic (exact) mass is 431 g/mol. The van der Waals surface area contributed by atoms with Gasteiger partial charge in [-0.2, -0.15) is 0 Å². The van der Waals surface area contributed by atoms with E-state index >= 15 is 0 Å². The molecule has 1 aromatic carbocycles. The number of anilines is 1. The van der Waals surface area contributed by atoms with Gasteiger partial charge in [0.2, 0.25) is 0 Å². The van der Waals surface area contributed by atoms with Gasteiger partial charge in [0.25, 0.3) is 11.8 Å². The van der Waals surface area contributed by atoms with Crippen molar-refractivity contribution in [3.8, 4) is 0 Å². The van der Waals surface area contributed by atoms with Gasteiger partial charge in [0.15, 0.2) is 0 Å². The Hall–Kier alpha value is -3.48. The standard InChI is InChI=1S/C25H29N5O2/c1-16(2)14-28-24(31)20-13-22(29-21-7-5-4-6-19(20)21)18-9-11-30(15-18)25(32)17-8-10-27-23(12-17)26-3/h4-8,10,12-13,16,18H,9,11,14-15H2,1-3H3,(H,26,27)(H,28,31). The summed E-state index contributed by atoms with van der Waals surface area (Å²) >= 11 is 0. The van der Waals surface area contributed by atoms with Crippen LogP contribution in [0, 0.1) is 5.92 Å². The molecule has 0 saturated carbocycles. The zero-order valence-electron chi connectivity index (χ0n) is 18.8. The molecule has 1 saturated heterocycles. The third-order valence-electron chi connectivity index (χ3n) is 5.81. The normalized spacial score (nSPS) is 15.9. The molecule has 4 rings (SSSR count). The number of rotatable bonds is 6. The number of hydrogen-bond donors (Lipinski definition) is 2. The molecule has 2 aromatic heterocycles. The molecular formula is C25H29N5O2. The van der Waals surface area contributed by atoms with Gasteiger partial charge in [-0.05, 0) is 36.6 Å². The fraction of sp³-hybridized carbons (Fsp3) is 0.360. The SMILES string of the molecule is CNc1cc(C(=O)N2CCC(c3cc(C(=O)NCC(C)C)c4ccccc4n3)C2)ccn1. The van der Waals surface area contributed by atoms with Crippen LogP contribution in [0.25, 0.3) is 10.9 Å². The molecule has 3 aromatic rings. The molecule has 1 aliphatic rings. The van der Waals surface area contributed by atoms with Crippen LogP contribution in [-0.4, -0.2) is 53.4 Å². The Morgan fingerprint density at radius 1 is 1.19 bits per heavy atom. The molecule has 1 aliphatic heterocycles. The summed E-state index contributed by atoms with van der Waals surface area (Å²) in [5.74, 6) is 1.03. The van der Waals surface area contributed by atoms with E-state index in [0.29, 0.717) is 42.5 Å². The Bertz CT molecular complexity index is 1140. The lowest BCUT2D eigenvalue weighted by atomic mass is 9.99. The van der Waals surface area contributed by atoms with Crippen LogP contribution in [0.3, 0.4) is 0 Å². The Kier molecular flexibility index (Phi) is 6.35. The summed E-state index contributed by atoms with van der Waals surface area (Å²) in [5.41, 5.74) is 2.92. The third-order valence-corrected chi connectivity index (χ3v) is 5.81. The predicted molar refractivity (Wildman–Crippen MR) is 126 cm³/mol. The van der Waals surface area contributed by atoms with E-state index in [4.69, 9.17) is 4.98 Å². The Balaban J connectivity index is 1.58. The number of carbonyl (C=O) groups is 2. The van der Waals surface area contributed by atoms with Crippen molar-refractivity contribution in [3.63, 3.8) is 0 Å². The van der Waals surface area contributed by atoms with E-state index in [1.54, 1.807) is 25.4 Å². The van der Waals surface area contributed by atoms with Gasteiger partial charge >= 0.3 is 0 Å². The first-order valence-electron chi connectivity index (χ1n) is 11.1. The molecule has 7 heteroatoms. The molecule has 1 unspecified atom stereocenters. The Morgan fingerprint density at radius 3 is 2.78 bits per heavy atom. The van der Waals surface area contributed by atoms with Crippen LogP contribution in [0.15, 0.2) is 48.7 Å². The quantitative estimate of drug-likeness (QED) is 0.622. The second-order valence-electron chi connectivity index (χ2n) is 8.63. The van der Waals surface area contributed by atoms with E-state index in [9.17, 15) is 9.59 Å². The number of amides is 2. The molecule has 1 atom stereocenters. The summed E-state index contributed by atoms with van der Waals surface area (Å²) in [6, 6.07) is 13.1. The first kappa shape index (κ1) is 21.7. The van der Waals surface area contributed by atoms with Gasteiger partial charge < -0.3 is 15.5 Å². The smallest absolute Gasteiger partial charge is 0.254 e. The summed E-state index contributed by atoms with van der Waals surface area (Å²) in [5, 5.41) is 6.84. The van der Waals surface area contributed by atoms with Gasteiger partial charge in [0.05, 0.1) is 11.1 Å². The zero-order chi connectivity index (χ0) is 22.7. The number of carbonyl (C=O) groups excluding carboxylic acids is 2. The van der Waals surface area contributed by atoms with Crippen molar-refractivity contribution in [2.24, 2.45) is 5.92 Å². The number of pyridine rings is 2. The molecule has 0 bridgehead atoms. The van der Waals surface area contributed by atoms with Crippen LogP contribution < -0.4 is 10.6 Å². The van der Waals surface area contributed by atoms with Gasteiger partial charge in [0, 0.05) is 55.4 Å². The Labute approximate surface area is 188 Å². The highest BCUT2D eigenvalue weighted by Gasteiger charge is 2.30. The Morgan fingerprint density at radius 2 is 2.00 bits per heavy atom. The van der Waals surface area contributed by atoms with Crippen molar-refractivity contribution < 1.29 is 9.59 Å². The summed E-state index contributed by atoms with van der Waals surface area (Å²) < 4.78 is 0. The second-order valence-corrected chi connectivity index (χ2v) is 8.63. The van der Waals surface area contributed by atoms with E-state index in [1.165, 1.54) is 0 Å². The van der Waals surface area contributed by atoms with Crippen molar-refractivity contribution >= 4 is 28.5 Å². The van der Waals surface area contributed by atoms with Gasteiger partial charge in [0.1, 0.15) is 5.82 Å². The van der Waals surface area contributed by atoms with Gasteiger partial charge in [-0.25, -0.2) is 4.98 Å². The minimum Gasteiger partial charge on any atom is -0.373 e. The highest BCUT2D eigenvalue weighted by molar-refractivity contribution is 6.06. The molecule has 1 fully saturated rings. The topological polar surface area (TPSA) is 87.2 Å². The largest absolute Gasteiger partial charge is 0.373 e. The summed E-state index contributed by atoms with van der Waals surface area (Å²) in [4.78, 5) is 36.8. The molecule has 0 spiro atoms.